The monoisotopic (exact) mass is 423 g/mol. The van der Waals surface area contributed by atoms with Crippen LogP contribution in [0.5, 0.6) is 0 Å². The number of hydrogen-bond acceptors (Lipinski definition) is 5. The Morgan fingerprint density at radius 2 is 1.87 bits per heavy atom. The number of halogens is 3. The summed E-state index contributed by atoms with van der Waals surface area (Å²) in [5.41, 5.74) is -0.824. The first-order valence-electron chi connectivity index (χ1n) is 9.61. The first kappa shape index (κ1) is 21.7. The first-order valence-corrected chi connectivity index (χ1v) is 9.61. The molecular weight excluding hydrogens is 399 g/mol. The van der Waals surface area contributed by atoms with Crippen molar-refractivity contribution in [1.29, 1.82) is 0 Å². The van der Waals surface area contributed by atoms with E-state index in [0.717, 1.165) is 22.9 Å². The van der Waals surface area contributed by atoms with E-state index in [9.17, 15) is 23.1 Å². The molecule has 1 aliphatic carbocycles. The van der Waals surface area contributed by atoms with Gasteiger partial charge in [0.15, 0.2) is 0 Å². The van der Waals surface area contributed by atoms with Gasteiger partial charge in [0.05, 0.1) is 5.56 Å². The molecule has 1 aromatic heterocycles. The van der Waals surface area contributed by atoms with E-state index < -0.39 is 23.9 Å². The molecule has 2 N–H and O–H groups in total. The van der Waals surface area contributed by atoms with Crippen LogP contribution in [-0.2, 0) is 6.18 Å². The van der Waals surface area contributed by atoms with E-state index in [4.69, 9.17) is 0 Å². The molecule has 1 saturated carbocycles. The predicted molar refractivity (Wildman–Crippen MR) is 108 cm³/mol. The van der Waals surface area contributed by atoms with Gasteiger partial charge in [0.25, 0.3) is 0 Å². The number of benzene rings is 1. The SMILES string of the molecule is CN(C)c1ccnc(N[C@H]2CC[C@@H](N(C(=O)O)c3cccc(C(F)(F)F)c3)CC2)n1. The van der Waals surface area contributed by atoms with E-state index in [0.29, 0.717) is 31.6 Å². The molecule has 162 valence electrons. The quantitative estimate of drug-likeness (QED) is 0.739. The van der Waals surface area contributed by atoms with E-state index in [-0.39, 0.29) is 11.7 Å². The van der Waals surface area contributed by atoms with Gasteiger partial charge in [-0.05, 0) is 49.9 Å². The number of carbonyl (C=O) groups is 1. The smallest absolute Gasteiger partial charge is 0.416 e. The van der Waals surface area contributed by atoms with E-state index >= 15 is 0 Å². The van der Waals surface area contributed by atoms with Crippen molar-refractivity contribution in [2.45, 2.75) is 43.9 Å². The van der Waals surface area contributed by atoms with Gasteiger partial charge in [-0.15, -0.1) is 0 Å². The molecule has 0 atom stereocenters. The Hall–Kier alpha value is -3.04. The summed E-state index contributed by atoms with van der Waals surface area (Å²) < 4.78 is 39.1. The van der Waals surface area contributed by atoms with Crippen molar-refractivity contribution in [2.24, 2.45) is 0 Å². The van der Waals surface area contributed by atoms with Gasteiger partial charge < -0.3 is 15.3 Å². The molecule has 2 aromatic rings. The molecule has 0 bridgehead atoms. The number of rotatable bonds is 5. The van der Waals surface area contributed by atoms with Gasteiger partial charge in [-0.2, -0.15) is 18.2 Å². The molecule has 1 fully saturated rings. The first-order chi connectivity index (χ1) is 14.1. The van der Waals surface area contributed by atoms with Crippen LogP contribution in [0.2, 0.25) is 0 Å². The maximum atomic E-state index is 13.0. The lowest BCUT2D eigenvalue weighted by Crippen LogP contribution is -2.43. The Morgan fingerprint density at radius 1 is 1.17 bits per heavy atom. The zero-order valence-corrected chi connectivity index (χ0v) is 16.7. The summed E-state index contributed by atoms with van der Waals surface area (Å²) in [6.07, 6.45) is -1.76. The predicted octanol–water partition coefficient (Wildman–Crippen LogP) is 4.47. The van der Waals surface area contributed by atoms with Gasteiger partial charge in [-0.3, -0.25) is 4.90 Å². The van der Waals surface area contributed by atoms with E-state index in [1.807, 2.05) is 19.0 Å². The Morgan fingerprint density at radius 3 is 2.47 bits per heavy atom. The summed E-state index contributed by atoms with van der Waals surface area (Å²) >= 11 is 0. The fourth-order valence-electron chi connectivity index (χ4n) is 3.64. The molecule has 0 radical (unpaired) electrons. The Kier molecular flexibility index (Phi) is 6.33. The zero-order chi connectivity index (χ0) is 21.9. The van der Waals surface area contributed by atoms with Gasteiger partial charge in [-0.25, -0.2) is 9.78 Å². The van der Waals surface area contributed by atoms with Crippen LogP contribution in [0.1, 0.15) is 31.2 Å². The highest BCUT2D eigenvalue weighted by molar-refractivity contribution is 5.87. The Bertz CT molecular complexity index is 883. The van der Waals surface area contributed by atoms with Crippen LogP contribution in [0.25, 0.3) is 0 Å². The molecule has 0 spiro atoms. The van der Waals surface area contributed by atoms with Gasteiger partial charge in [0.2, 0.25) is 5.95 Å². The van der Waals surface area contributed by atoms with Gasteiger partial charge in [0.1, 0.15) is 5.82 Å². The summed E-state index contributed by atoms with van der Waals surface area (Å²) in [6.45, 7) is 0. The number of carboxylic acid groups (broad SMARTS) is 1. The summed E-state index contributed by atoms with van der Waals surface area (Å²) in [7, 11) is 3.76. The third kappa shape index (κ3) is 5.11. The second kappa shape index (κ2) is 8.76. The fourth-order valence-corrected chi connectivity index (χ4v) is 3.64. The second-order valence-electron chi connectivity index (χ2n) is 7.48. The number of nitrogens with zero attached hydrogens (tertiary/aromatic N) is 4. The Labute approximate surface area is 172 Å². The molecule has 7 nitrogen and oxygen atoms in total. The molecule has 30 heavy (non-hydrogen) atoms. The van der Waals surface area contributed by atoms with E-state index in [2.05, 4.69) is 15.3 Å². The van der Waals surface area contributed by atoms with Crippen LogP contribution in [0.3, 0.4) is 0 Å². The molecular formula is C20H24F3N5O2. The highest BCUT2D eigenvalue weighted by atomic mass is 19.4. The van der Waals surface area contributed by atoms with Crippen LogP contribution in [0.15, 0.2) is 36.5 Å². The molecule has 0 unspecified atom stereocenters. The fraction of sp³-hybridized carbons (Fsp3) is 0.450. The second-order valence-corrected chi connectivity index (χ2v) is 7.48. The van der Waals surface area contributed by atoms with E-state index in [1.54, 1.807) is 12.3 Å². The molecule has 1 amide bonds. The van der Waals surface area contributed by atoms with E-state index in [1.165, 1.54) is 12.1 Å². The van der Waals surface area contributed by atoms with Crippen molar-refractivity contribution >= 4 is 23.5 Å². The van der Waals surface area contributed by atoms with Gasteiger partial charge in [-0.1, -0.05) is 6.07 Å². The standard InChI is InChI=1S/C20H24F3N5O2/c1-27(2)17-10-11-24-18(26-17)25-14-6-8-15(9-7-14)28(19(29)30)16-5-3-4-13(12-16)20(21,22)23/h3-5,10-12,14-15H,6-9H2,1-2H3,(H,29,30)(H,24,25,26)/t14-,15+. The van der Waals surface area contributed by atoms with Crippen LogP contribution < -0.4 is 15.1 Å². The summed E-state index contributed by atoms with van der Waals surface area (Å²) in [4.78, 5) is 23.4. The lowest BCUT2D eigenvalue weighted by molar-refractivity contribution is -0.137. The number of anilines is 3. The number of alkyl halides is 3. The number of amides is 1. The van der Waals surface area contributed by atoms with Gasteiger partial charge in [0, 0.05) is 38.1 Å². The topological polar surface area (TPSA) is 81.6 Å². The zero-order valence-electron chi connectivity index (χ0n) is 16.7. The van der Waals surface area contributed by atoms with Crippen molar-refractivity contribution in [2.75, 3.05) is 29.2 Å². The number of hydrogen-bond donors (Lipinski definition) is 2. The van der Waals surface area contributed by atoms with Crippen LogP contribution >= 0.6 is 0 Å². The van der Waals surface area contributed by atoms with Crippen molar-refractivity contribution in [1.82, 2.24) is 9.97 Å². The molecule has 1 heterocycles. The molecule has 1 aromatic carbocycles. The number of aromatic nitrogens is 2. The molecule has 1 aliphatic rings. The summed E-state index contributed by atoms with van der Waals surface area (Å²) in [5.74, 6) is 1.26. The molecule has 0 saturated heterocycles. The third-order valence-corrected chi connectivity index (χ3v) is 5.15. The molecule has 0 aliphatic heterocycles. The third-order valence-electron chi connectivity index (χ3n) is 5.15. The molecule has 10 heteroatoms. The molecule has 3 rings (SSSR count). The highest BCUT2D eigenvalue weighted by Gasteiger charge is 2.34. The van der Waals surface area contributed by atoms with Crippen LogP contribution in [0.4, 0.5) is 35.4 Å². The minimum Gasteiger partial charge on any atom is -0.465 e. The maximum absolute atomic E-state index is 13.0. The van der Waals surface area contributed by atoms with Crippen molar-refractivity contribution in [3.63, 3.8) is 0 Å². The van der Waals surface area contributed by atoms with Crippen LogP contribution in [0, 0.1) is 0 Å². The Balaban J connectivity index is 1.68. The lowest BCUT2D eigenvalue weighted by Gasteiger charge is -2.35. The van der Waals surface area contributed by atoms with Crippen molar-refractivity contribution in [3.8, 4) is 0 Å². The normalized spacial score (nSPS) is 19.2. The summed E-state index contributed by atoms with van der Waals surface area (Å²) in [5, 5.41) is 12.9. The average Bonchev–Trinajstić information content (AvgIpc) is 2.69. The average molecular weight is 423 g/mol. The number of nitrogens with one attached hydrogen (secondary N) is 1. The largest absolute Gasteiger partial charge is 0.465 e. The van der Waals surface area contributed by atoms with Crippen molar-refractivity contribution in [3.05, 3.63) is 42.1 Å². The highest BCUT2D eigenvalue weighted by Crippen LogP contribution is 2.34. The van der Waals surface area contributed by atoms with Crippen LogP contribution in [-0.4, -0.2) is 47.3 Å². The maximum Gasteiger partial charge on any atom is 0.416 e. The lowest BCUT2D eigenvalue weighted by atomic mass is 9.90. The minimum atomic E-state index is -4.52. The van der Waals surface area contributed by atoms with Crippen molar-refractivity contribution < 1.29 is 23.1 Å². The van der Waals surface area contributed by atoms with Gasteiger partial charge >= 0.3 is 12.3 Å². The minimum absolute atomic E-state index is 0.0377. The summed E-state index contributed by atoms with van der Waals surface area (Å²) in [6, 6.07) is 5.92.